The minimum Gasteiger partial charge on any atom is -0.388 e. The third-order valence-electron chi connectivity index (χ3n) is 3.77. The van der Waals surface area contributed by atoms with Crippen LogP contribution in [0.25, 0.3) is 0 Å². The summed E-state index contributed by atoms with van der Waals surface area (Å²) in [5.41, 5.74) is 11.7. The van der Waals surface area contributed by atoms with E-state index in [0.29, 0.717) is 37.3 Å². The highest BCUT2D eigenvalue weighted by molar-refractivity contribution is 5.89. The van der Waals surface area contributed by atoms with Gasteiger partial charge in [-0.15, -0.1) is 0 Å². The second kappa shape index (κ2) is 11.2. The van der Waals surface area contributed by atoms with Gasteiger partial charge in [0.2, 0.25) is 11.8 Å². The lowest BCUT2D eigenvalue weighted by Crippen LogP contribution is -2.52. The molecule has 0 bridgehead atoms. The highest BCUT2D eigenvalue weighted by atomic mass is 19.2. The Morgan fingerprint density at radius 3 is 2.52 bits per heavy atom. The van der Waals surface area contributed by atoms with Gasteiger partial charge in [-0.05, 0) is 50.8 Å². The summed E-state index contributed by atoms with van der Waals surface area (Å²) in [5, 5.41) is 5.27. The van der Waals surface area contributed by atoms with Crippen LogP contribution in [0.4, 0.5) is 8.78 Å². The molecule has 0 aliphatic rings. The van der Waals surface area contributed by atoms with Crippen molar-refractivity contribution in [3.63, 3.8) is 0 Å². The van der Waals surface area contributed by atoms with E-state index in [4.69, 9.17) is 11.5 Å². The van der Waals surface area contributed by atoms with Crippen molar-refractivity contribution >= 4 is 17.6 Å². The van der Waals surface area contributed by atoms with Crippen molar-refractivity contribution in [2.75, 3.05) is 13.1 Å². The van der Waals surface area contributed by atoms with Crippen LogP contribution in [0.5, 0.6) is 0 Å². The Hall–Kier alpha value is -2.55. The molecular formula is C18H27F2N5O2. The Balaban J connectivity index is 2.67. The van der Waals surface area contributed by atoms with Gasteiger partial charge in [-0.25, -0.2) is 8.78 Å². The van der Waals surface area contributed by atoms with E-state index in [9.17, 15) is 18.4 Å². The number of hydrogen-bond acceptors (Lipinski definition) is 4. The van der Waals surface area contributed by atoms with Crippen LogP contribution in [-0.4, -0.2) is 42.8 Å². The summed E-state index contributed by atoms with van der Waals surface area (Å²) < 4.78 is 26.3. The van der Waals surface area contributed by atoms with Gasteiger partial charge < -0.3 is 22.1 Å². The summed E-state index contributed by atoms with van der Waals surface area (Å²) in [7, 11) is 0. The predicted octanol–water partition coefficient (Wildman–Crippen LogP) is 0.613. The molecule has 0 aliphatic carbocycles. The smallest absolute Gasteiger partial charge is 0.242 e. The maximum absolute atomic E-state index is 13.3. The third kappa shape index (κ3) is 8.12. The van der Waals surface area contributed by atoms with Crippen molar-refractivity contribution in [1.29, 1.82) is 0 Å². The third-order valence-corrected chi connectivity index (χ3v) is 3.77. The second-order valence-electron chi connectivity index (χ2n) is 6.18. The molecule has 0 unspecified atom stereocenters. The molecule has 0 spiro atoms. The number of aliphatic imine (C=N–C) groups is 1. The largest absolute Gasteiger partial charge is 0.388 e. The maximum atomic E-state index is 13.3. The summed E-state index contributed by atoms with van der Waals surface area (Å²) in [6.45, 7) is 4.30. The molecule has 0 saturated carbocycles. The zero-order valence-electron chi connectivity index (χ0n) is 15.6. The van der Waals surface area contributed by atoms with Crippen LogP contribution < -0.4 is 22.1 Å². The van der Waals surface area contributed by atoms with Crippen LogP contribution in [0.15, 0.2) is 23.2 Å². The molecule has 2 amide bonds. The summed E-state index contributed by atoms with van der Waals surface area (Å²) in [4.78, 5) is 28.5. The maximum Gasteiger partial charge on any atom is 0.242 e. The highest BCUT2D eigenvalue weighted by Crippen LogP contribution is 2.10. The van der Waals surface area contributed by atoms with E-state index in [1.165, 1.54) is 6.07 Å². The Labute approximate surface area is 157 Å². The molecule has 0 fully saturated rings. The molecule has 2 atom stereocenters. The van der Waals surface area contributed by atoms with Crippen LogP contribution >= 0.6 is 0 Å². The van der Waals surface area contributed by atoms with E-state index >= 15 is 0 Å². The van der Waals surface area contributed by atoms with Gasteiger partial charge in [0.25, 0.3) is 0 Å². The highest BCUT2D eigenvalue weighted by Gasteiger charge is 2.23. The molecule has 7 nitrogen and oxygen atoms in total. The summed E-state index contributed by atoms with van der Waals surface area (Å²) in [6, 6.07) is 1.57. The van der Waals surface area contributed by atoms with Crippen LogP contribution in [-0.2, 0) is 16.0 Å². The Morgan fingerprint density at radius 2 is 1.93 bits per heavy atom. The lowest BCUT2D eigenvalue weighted by Gasteiger charge is -2.20. The van der Waals surface area contributed by atoms with E-state index < -0.39 is 29.6 Å². The molecule has 0 radical (unpaired) electrons. The monoisotopic (exact) mass is 383 g/mol. The number of carbonyl (C=O) groups excluding carboxylic acids is 2. The van der Waals surface area contributed by atoms with Gasteiger partial charge in [0, 0.05) is 13.1 Å². The first-order valence-corrected chi connectivity index (χ1v) is 8.78. The number of benzene rings is 1. The zero-order valence-corrected chi connectivity index (χ0v) is 15.6. The first kappa shape index (κ1) is 22.5. The molecular weight excluding hydrogens is 356 g/mol. The van der Waals surface area contributed by atoms with E-state index in [1.807, 2.05) is 0 Å². The predicted molar refractivity (Wildman–Crippen MR) is 100 cm³/mol. The van der Waals surface area contributed by atoms with Crippen molar-refractivity contribution in [2.45, 2.75) is 45.2 Å². The molecule has 1 aromatic rings. The molecule has 150 valence electrons. The Bertz CT molecular complexity index is 678. The zero-order chi connectivity index (χ0) is 20.4. The van der Waals surface area contributed by atoms with Gasteiger partial charge >= 0.3 is 0 Å². The second-order valence-corrected chi connectivity index (χ2v) is 6.18. The standard InChI is InChI=1S/C18H27F2N5O2/c1-3-23-18(27)16(5-4-8-24-11(2)21)25-17(26)15(22)10-12-6-7-13(19)14(20)9-12/h6-7,9,15-16H,3-5,8,10,22H2,1-2H3,(H2,21,24)(H,23,27)(H,25,26)/t15-,16-/m0/s1. The molecule has 9 heteroatoms. The SMILES string of the molecule is CCNC(=O)[C@H](CCCN=C(C)N)NC(=O)[C@@H](N)Cc1ccc(F)c(F)c1. The number of halogens is 2. The lowest BCUT2D eigenvalue weighted by molar-refractivity contribution is -0.129. The summed E-state index contributed by atoms with van der Waals surface area (Å²) in [6.07, 6.45) is 0.934. The Morgan fingerprint density at radius 1 is 1.22 bits per heavy atom. The van der Waals surface area contributed by atoms with Gasteiger partial charge in [0.15, 0.2) is 11.6 Å². The number of nitrogens with two attached hydrogens (primary N) is 2. The van der Waals surface area contributed by atoms with E-state index in [1.54, 1.807) is 13.8 Å². The molecule has 1 aromatic carbocycles. The van der Waals surface area contributed by atoms with E-state index in [2.05, 4.69) is 15.6 Å². The minimum atomic E-state index is -1.00. The summed E-state index contributed by atoms with van der Waals surface area (Å²) in [5.74, 6) is -2.39. The number of rotatable bonds is 10. The molecule has 1 rings (SSSR count). The van der Waals surface area contributed by atoms with Crippen LogP contribution in [0, 0.1) is 11.6 Å². The number of amides is 2. The topological polar surface area (TPSA) is 123 Å². The van der Waals surface area contributed by atoms with Gasteiger partial charge in [-0.3, -0.25) is 14.6 Å². The number of carbonyl (C=O) groups is 2. The fraction of sp³-hybridized carbons (Fsp3) is 0.500. The quantitative estimate of drug-likeness (QED) is 0.269. The van der Waals surface area contributed by atoms with Gasteiger partial charge in [-0.1, -0.05) is 6.07 Å². The first-order valence-electron chi connectivity index (χ1n) is 8.78. The van der Waals surface area contributed by atoms with Crippen molar-refractivity contribution in [2.24, 2.45) is 16.5 Å². The number of likely N-dealkylation sites (N-methyl/N-ethyl adjacent to an activating group) is 1. The first-order chi connectivity index (χ1) is 12.7. The average Bonchev–Trinajstić information content (AvgIpc) is 2.60. The molecule has 6 N–H and O–H groups in total. The van der Waals surface area contributed by atoms with Crippen LogP contribution in [0.1, 0.15) is 32.3 Å². The number of hydrogen-bond donors (Lipinski definition) is 4. The van der Waals surface area contributed by atoms with Crippen molar-refractivity contribution < 1.29 is 18.4 Å². The van der Waals surface area contributed by atoms with Crippen LogP contribution in [0.3, 0.4) is 0 Å². The fourth-order valence-electron chi connectivity index (χ4n) is 2.41. The Kier molecular flexibility index (Phi) is 9.35. The van der Waals surface area contributed by atoms with Gasteiger partial charge in [0.05, 0.1) is 11.9 Å². The number of nitrogens with one attached hydrogen (secondary N) is 2. The van der Waals surface area contributed by atoms with Crippen LogP contribution in [0.2, 0.25) is 0 Å². The van der Waals surface area contributed by atoms with Crippen molar-refractivity contribution in [3.05, 3.63) is 35.4 Å². The lowest BCUT2D eigenvalue weighted by atomic mass is 10.0. The van der Waals surface area contributed by atoms with Gasteiger partial charge in [0.1, 0.15) is 6.04 Å². The normalized spacial score (nSPS) is 13.7. The van der Waals surface area contributed by atoms with Crippen molar-refractivity contribution in [3.8, 4) is 0 Å². The molecule has 0 saturated heterocycles. The average molecular weight is 383 g/mol. The van der Waals surface area contributed by atoms with Crippen molar-refractivity contribution in [1.82, 2.24) is 10.6 Å². The minimum absolute atomic E-state index is 0.0157. The fourth-order valence-corrected chi connectivity index (χ4v) is 2.41. The summed E-state index contributed by atoms with van der Waals surface area (Å²) >= 11 is 0. The molecule has 0 aliphatic heterocycles. The molecule has 0 heterocycles. The van der Waals surface area contributed by atoms with E-state index in [0.717, 1.165) is 12.1 Å². The molecule has 0 aromatic heterocycles. The molecule has 27 heavy (non-hydrogen) atoms. The van der Waals surface area contributed by atoms with Gasteiger partial charge in [-0.2, -0.15) is 0 Å². The van der Waals surface area contributed by atoms with E-state index in [-0.39, 0.29) is 12.3 Å². The number of nitrogens with zero attached hydrogens (tertiary/aromatic N) is 1. The number of amidine groups is 1.